The van der Waals surface area contributed by atoms with Gasteiger partial charge < -0.3 is 11.1 Å². The Morgan fingerprint density at radius 2 is 2.00 bits per heavy atom. The summed E-state index contributed by atoms with van der Waals surface area (Å²) in [4.78, 5) is 11.5. The lowest BCUT2D eigenvalue weighted by Gasteiger charge is -2.07. The van der Waals surface area contributed by atoms with Crippen molar-refractivity contribution < 1.29 is 9.00 Å². The summed E-state index contributed by atoms with van der Waals surface area (Å²) in [6, 6.07) is 7.98. The Hall–Kier alpha value is -1.20. The minimum absolute atomic E-state index is 0.0788. The maximum Gasteiger partial charge on any atom is 0.232 e. The fourth-order valence-electron chi connectivity index (χ4n) is 1.77. The smallest absolute Gasteiger partial charge is 0.232 e. The summed E-state index contributed by atoms with van der Waals surface area (Å²) < 4.78 is 11.9. The molecule has 1 unspecified atom stereocenters. The summed E-state index contributed by atoms with van der Waals surface area (Å²) in [6.45, 7) is 0.432. The summed E-state index contributed by atoms with van der Waals surface area (Å²) in [5.41, 5.74) is 7.59. The molecule has 98 valence electrons. The highest BCUT2D eigenvalue weighted by atomic mass is 32.2. The predicted octanol–water partition coefficient (Wildman–Crippen LogP) is 0.673. The van der Waals surface area contributed by atoms with Crippen LogP contribution in [0.3, 0.4) is 0 Å². The number of carbonyl (C=O) groups is 1. The van der Waals surface area contributed by atoms with Crippen LogP contribution < -0.4 is 11.1 Å². The average molecular weight is 266 g/mol. The van der Waals surface area contributed by atoms with E-state index in [2.05, 4.69) is 5.32 Å². The van der Waals surface area contributed by atoms with Crippen molar-refractivity contribution in [2.75, 3.05) is 5.75 Å². The highest BCUT2D eigenvalue weighted by Gasteiger charge is 2.23. The Labute approximate surface area is 109 Å². The molecule has 5 heteroatoms. The number of rotatable bonds is 6. The second-order valence-electron chi connectivity index (χ2n) is 4.54. The fraction of sp³-hybridized carbons (Fsp3) is 0.462. The van der Waals surface area contributed by atoms with Crippen LogP contribution in [0.2, 0.25) is 0 Å². The van der Waals surface area contributed by atoms with E-state index < -0.39 is 10.8 Å². The Balaban J connectivity index is 1.87. The normalized spacial score (nSPS) is 16.3. The molecule has 1 amide bonds. The molecular weight excluding hydrogens is 248 g/mol. The first-order chi connectivity index (χ1) is 8.69. The van der Waals surface area contributed by atoms with E-state index in [4.69, 9.17) is 5.73 Å². The third-order valence-corrected chi connectivity index (χ3v) is 4.11. The van der Waals surface area contributed by atoms with Crippen molar-refractivity contribution in [3.05, 3.63) is 35.4 Å². The van der Waals surface area contributed by atoms with Crippen LogP contribution in [-0.2, 0) is 27.9 Å². The molecule has 18 heavy (non-hydrogen) atoms. The van der Waals surface area contributed by atoms with Gasteiger partial charge in [0.1, 0.15) is 5.75 Å². The summed E-state index contributed by atoms with van der Waals surface area (Å²) in [5.74, 6) is 0.363. The van der Waals surface area contributed by atoms with Gasteiger partial charge in [0.25, 0.3) is 0 Å². The molecule has 0 saturated heterocycles. The summed E-state index contributed by atoms with van der Waals surface area (Å²) in [7, 11) is -1.17. The van der Waals surface area contributed by atoms with Gasteiger partial charge in [-0.3, -0.25) is 9.00 Å². The molecular formula is C13H18N2O2S. The third-order valence-electron chi connectivity index (χ3n) is 2.89. The van der Waals surface area contributed by atoms with Crippen LogP contribution in [0.5, 0.6) is 0 Å². The zero-order chi connectivity index (χ0) is 13.0. The molecule has 1 aliphatic carbocycles. The van der Waals surface area contributed by atoms with Crippen molar-refractivity contribution in [2.45, 2.75) is 31.2 Å². The van der Waals surface area contributed by atoms with E-state index in [9.17, 15) is 9.00 Å². The van der Waals surface area contributed by atoms with Crippen LogP contribution in [0.1, 0.15) is 24.0 Å². The molecule has 0 heterocycles. The molecule has 0 spiro atoms. The molecule has 3 N–H and O–H groups in total. The SMILES string of the molecule is NCc1ccccc1CS(=O)CC(=O)NC1CC1. The minimum Gasteiger partial charge on any atom is -0.353 e. The average Bonchev–Trinajstić information content (AvgIpc) is 3.13. The van der Waals surface area contributed by atoms with E-state index in [1.54, 1.807) is 0 Å². The van der Waals surface area contributed by atoms with E-state index in [1.165, 1.54) is 0 Å². The molecule has 2 rings (SSSR count). The van der Waals surface area contributed by atoms with Gasteiger partial charge in [-0.2, -0.15) is 0 Å². The fourth-order valence-corrected chi connectivity index (χ4v) is 2.87. The van der Waals surface area contributed by atoms with Crippen molar-refractivity contribution in [1.29, 1.82) is 0 Å². The first-order valence-corrected chi connectivity index (χ1v) is 7.59. The first-order valence-electron chi connectivity index (χ1n) is 6.10. The van der Waals surface area contributed by atoms with Crippen molar-refractivity contribution in [3.63, 3.8) is 0 Å². The minimum atomic E-state index is -1.17. The molecule has 1 atom stereocenters. The van der Waals surface area contributed by atoms with Gasteiger partial charge in [-0.05, 0) is 24.0 Å². The van der Waals surface area contributed by atoms with Gasteiger partial charge in [-0.15, -0.1) is 0 Å². The van der Waals surface area contributed by atoms with Crippen LogP contribution in [0.25, 0.3) is 0 Å². The Kier molecular flexibility index (Phi) is 4.49. The maximum absolute atomic E-state index is 11.9. The number of hydrogen-bond acceptors (Lipinski definition) is 3. The maximum atomic E-state index is 11.9. The van der Waals surface area contributed by atoms with E-state index in [0.717, 1.165) is 24.0 Å². The van der Waals surface area contributed by atoms with Crippen LogP contribution in [0.15, 0.2) is 24.3 Å². The van der Waals surface area contributed by atoms with E-state index in [1.807, 2.05) is 24.3 Å². The van der Waals surface area contributed by atoms with Gasteiger partial charge in [0, 0.05) is 29.1 Å². The molecule has 1 aromatic rings. The van der Waals surface area contributed by atoms with Gasteiger partial charge in [0.2, 0.25) is 5.91 Å². The molecule has 0 bridgehead atoms. The molecule has 1 saturated carbocycles. The van der Waals surface area contributed by atoms with Gasteiger partial charge in [0.05, 0.1) is 0 Å². The number of nitrogens with two attached hydrogens (primary N) is 1. The number of carbonyl (C=O) groups excluding carboxylic acids is 1. The predicted molar refractivity (Wildman–Crippen MR) is 72.2 cm³/mol. The highest BCUT2D eigenvalue weighted by Crippen LogP contribution is 2.18. The van der Waals surface area contributed by atoms with Crippen molar-refractivity contribution in [1.82, 2.24) is 5.32 Å². The van der Waals surface area contributed by atoms with Gasteiger partial charge >= 0.3 is 0 Å². The summed E-state index contributed by atoms with van der Waals surface area (Å²) >= 11 is 0. The summed E-state index contributed by atoms with van der Waals surface area (Å²) in [6.07, 6.45) is 2.10. The van der Waals surface area contributed by atoms with E-state index >= 15 is 0 Å². The largest absolute Gasteiger partial charge is 0.353 e. The lowest BCUT2D eigenvalue weighted by molar-refractivity contribution is -0.118. The number of benzene rings is 1. The number of nitrogens with one attached hydrogen (secondary N) is 1. The van der Waals surface area contributed by atoms with Crippen molar-refractivity contribution >= 4 is 16.7 Å². The van der Waals surface area contributed by atoms with Gasteiger partial charge in [-0.1, -0.05) is 24.3 Å². The number of amides is 1. The first kappa shape index (κ1) is 13.2. The lowest BCUT2D eigenvalue weighted by Crippen LogP contribution is -2.30. The lowest BCUT2D eigenvalue weighted by atomic mass is 10.1. The molecule has 1 aliphatic rings. The summed E-state index contributed by atoms with van der Waals surface area (Å²) in [5, 5.41) is 2.84. The van der Waals surface area contributed by atoms with Crippen molar-refractivity contribution in [2.24, 2.45) is 5.73 Å². The Morgan fingerprint density at radius 3 is 2.61 bits per heavy atom. The molecule has 1 fully saturated rings. The topological polar surface area (TPSA) is 72.2 Å². The monoisotopic (exact) mass is 266 g/mol. The highest BCUT2D eigenvalue weighted by molar-refractivity contribution is 7.84. The van der Waals surface area contributed by atoms with E-state index in [0.29, 0.717) is 18.3 Å². The second kappa shape index (κ2) is 6.11. The van der Waals surface area contributed by atoms with Crippen molar-refractivity contribution in [3.8, 4) is 0 Å². The Bertz CT molecular complexity index is 458. The van der Waals surface area contributed by atoms with Crippen LogP contribution in [0, 0.1) is 0 Å². The van der Waals surface area contributed by atoms with Gasteiger partial charge in [-0.25, -0.2) is 0 Å². The molecule has 0 radical (unpaired) electrons. The Morgan fingerprint density at radius 1 is 1.33 bits per heavy atom. The molecule has 4 nitrogen and oxygen atoms in total. The van der Waals surface area contributed by atoms with Crippen LogP contribution in [0.4, 0.5) is 0 Å². The van der Waals surface area contributed by atoms with Crippen LogP contribution in [-0.4, -0.2) is 21.9 Å². The molecule has 0 aromatic heterocycles. The van der Waals surface area contributed by atoms with Gasteiger partial charge in [0.15, 0.2) is 0 Å². The zero-order valence-electron chi connectivity index (χ0n) is 10.2. The van der Waals surface area contributed by atoms with Crippen LogP contribution >= 0.6 is 0 Å². The van der Waals surface area contributed by atoms with E-state index in [-0.39, 0.29) is 11.7 Å². The molecule has 0 aliphatic heterocycles. The standard InChI is InChI=1S/C13H18N2O2S/c14-7-10-3-1-2-4-11(10)8-18(17)9-13(16)15-12-5-6-12/h1-4,12H,5-9,14H2,(H,15,16). The second-order valence-corrected chi connectivity index (χ2v) is 6.00. The zero-order valence-corrected chi connectivity index (χ0v) is 11.0. The molecule has 1 aromatic carbocycles. The quantitative estimate of drug-likeness (QED) is 0.795. The third kappa shape index (κ3) is 3.92. The number of hydrogen-bond donors (Lipinski definition) is 2.